The van der Waals surface area contributed by atoms with Crippen molar-refractivity contribution in [3.05, 3.63) is 11.9 Å². The molecule has 0 radical (unpaired) electrons. The van der Waals surface area contributed by atoms with E-state index in [0.717, 1.165) is 11.8 Å². The highest BCUT2D eigenvalue weighted by Crippen LogP contribution is 1.95. The van der Waals surface area contributed by atoms with Crippen molar-refractivity contribution in [2.75, 3.05) is 14.2 Å². The quantitative estimate of drug-likeness (QED) is 0.672. The van der Waals surface area contributed by atoms with Crippen LogP contribution in [0.2, 0.25) is 0 Å². The maximum Gasteiger partial charge on any atom is 0.413 e. The van der Waals surface area contributed by atoms with Crippen molar-refractivity contribution < 1.29 is 23.9 Å². The molecule has 0 saturated heterocycles. The molecule has 2 amide bonds. The van der Waals surface area contributed by atoms with Crippen molar-refractivity contribution >= 4 is 18.0 Å². The molecule has 0 aliphatic rings. The maximum atomic E-state index is 11.2. The maximum absolute atomic E-state index is 11.2. The molecule has 1 heterocycles. The molecular weight excluding hydrogens is 232 g/mol. The number of carbonyl (C=O) groups excluding carboxylic acids is 3. The number of carbonyl (C=O) groups is 3. The average molecular weight is 242 g/mol. The lowest BCUT2D eigenvalue weighted by atomic mass is 10.5. The fraction of sp³-hybridized carbons (Fsp3) is 0.375. The van der Waals surface area contributed by atoms with Crippen LogP contribution in [0.5, 0.6) is 0 Å². The molecule has 9 nitrogen and oxygen atoms in total. The summed E-state index contributed by atoms with van der Waals surface area (Å²) < 4.78 is 9.72. The monoisotopic (exact) mass is 242 g/mol. The molecule has 0 aromatic carbocycles. The van der Waals surface area contributed by atoms with Crippen molar-refractivity contribution in [2.24, 2.45) is 0 Å². The van der Waals surface area contributed by atoms with Crippen LogP contribution in [-0.2, 0) is 20.8 Å². The summed E-state index contributed by atoms with van der Waals surface area (Å²) in [6, 6.07) is 0. The Bertz CT molecular complexity index is 441. The van der Waals surface area contributed by atoms with Crippen LogP contribution in [0.1, 0.15) is 10.5 Å². The average Bonchev–Trinajstić information content (AvgIpc) is 2.76. The second kappa shape index (κ2) is 5.58. The minimum absolute atomic E-state index is 0.0293. The van der Waals surface area contributed by atoms with Gasteiger partial charge in [0.25, 0.3) is 5.91 Å². The first-order chi connectivity index (χ1) is 8.06. The van der Waals surface area contributed by atoms with E-state index in [1.165, 1.54) is 13.3 Å². The zero-order valence-corrected chi connectivity index (χ0v) is 9.17. The largest absolute Gasteiger partial charge is 0.464 e. The number of methoxy groups -OCH3 is 2. The van der Waals surface area contributed by atoms with Crippen molar-refractivity contribution in [1.82, 2.24) is 20.3 Å². The number of nitrogens with one attached hydrogen (secondary N) is 1. The van der Waals surface area contributed by atoms with Gasteiger partial charge in [-0.1, -0.05) is 5.21 Å². The third kappa shape index (κ3) is 3.55. The van der Waals surface area contributed by atoms with Gasteiger partial charge in [0, 0.05) is 0 Å². The van der Waals surface area contributed by atoms with E-state index in [9.17, 15) is 14.4 Å². The minimum atomic E-state index is -0.872. The molecule has 92 valence electrons. The Morgan fingerprint density at radius 1 is 1.35 bits per heavy atom. The van der Waals surface area contributed by atoms with Gasteiger partial charge in [-0.25, -0.2) is 14.3 Å². The van der Waals surface area contributed by atoms with Gasteiger partial charge in [0.2, 0.25) is 0 Å². The van der Waals surface area contributed by atoms with Gasteiger partial charge in [0.05, 0.1) is 20.4 Å². The van der Waals surface area contributed by atoms with Gasteiger partial charge in [0.15, 0.2) is 5.69 Å². The number of ether oxygens (including phenoxy) is 2. The second-order valence-electron chi connectivity index (χ2n) is 2.83. The van der Waals surface area contributed by atoms with E-state index in [1.807, 2.05) is 5.32 Å². The highest BCUT2D eigenvalue weighted by atomic mass is 16.5. The molecular formula is C8H10N4O5. The number of hydrogen-bond donors (Lipinski definition) is 1. The highest BCUT2D eigenvalue weighted by molar-refractivity contribution is 5.91. The fourth-order valence-electron chi connectivity index (χ4n) is 0.925. The summed E-state index contributed by atoms with van der Waals surface area (Å²) >= 11 is 0. The Labute approximate surface area is 95.7 Å². The summed E-state index contributed by atoms with van der Waals surface area (Å²) in [5.74, 6) is -1.30. The van der Waals surface area contributed by atoms with Gasteiger partial charge >= 0.3 is 12.1 Å². The van der Waals surface area contributed by atoms with E-state index in [2.05, 4.69) is 19.8 Å². The Balaban J connectivity index is 2.57. The van der Waals surface area contributed by atoms with Gasteiger partial charge in [0.1, 0.15) is 6.54 Å². The van der Waals surface area contributed by atoms with Crippen LogP contribution in [0.4, 0.5) is 4.79 Å². The smallest absolute Gasteiger partial charge is 0.413 e. The third-order valence-corrected chi connectivity index (χ3v) is 1.67. The lowest BCUT2D eigenvalue weighted by Gasteiger charge is -2.01. The Hall–Kier alpha value is -2.45. The molecule has 0 fully saturated rings. The Kier molecular flexibility index (Phi) is 4.14. The number of alkyl carbamates (subject to hydrolysis) is 1. The summed E-state index contributed by atoms with van der Waals surface area (Å²) in [5.41, 5.74) is -0.0293. The van der Waals surface area contributed by atoms with Gasteiger partial charge in [-0.3, -0.25) is 10.1 Å². The van der Waals surface area contributed by atoms with Crippen LogP contribution in [0, 0.1) is 0 Å². The predicted octanol–water partition coefficient (Wildman–Crippen LogP) is -1.05. The molecule has 17 heavy (non-hydrogen) atoms. The number of imide groups is 1. The molecule has 9 heteroatoms. The molecule has 0 saturated carbocycles. The Morgan fingerprint density at radius 3 is 2.65 bits per heavy atom. The van der Waals surface area contributed by atoms with Gasteiger partial charge in [-0.15, -0.1) is 5.10 Å². The highest BCUT2D eigenvalue weighted by Gasteiger charge is 2.13. The molecule has 0 unspecified atom stereocenters. The third-order valence-electron chi connectivity index (χ3n) is 1.67. The standard InChI is InChI=1S/C8H10N4O5/c1-16-7(14)5-3-12(11-10-5)4-6(13)9-8(15)17-2/h3H,4H2,1-2H3,(H,9,13,15). The normalized spacial score (nSPS) is 9.53. The van der Waals surface area contributed by atoms with Crippen LogP contribution < -0.4 is 5.32 Å². The van der Waals surface area contributed by atoms with E-state index in [1.54, 1.807) is 0 Å². The van der Waals surface area contributed by atoms with Crippen LogP contribution in [-0.4, -0.2) is 47.2 Å². The lowest BCUT2D eigenvalue weighted by Crippen LogP contribution is -2.33. The predicted molar refractivity (Wildman–Crippen MR) is 51.9 cm³/mol. The number of amides is 2. The van der Waals surface area contributed by atoms with E-state index in [0.29, 0.717) is 0 Å². The lowest BCUT2D eigenvalue weighted by molar-refractivity contribution is -0.121. The van der Waals surface area contributed by atoms with Crippen LogP contribution >= 0.6 is 0 Å². The van der Waals surface area contributed by atoms with Crippen molar-refractivity contribution in [1.29, 1.82) is 0 Å². The molecule has 1 N–H and O–H groups in total. The summed E-state index contributed by atoms with van der Waals surface area (Å²) in [6.45, 7) is -0.265. The summed E-state index contributed by atoms with van der Waals surface area (Å²) in [5, 5.41) is 8.92. The topological polar surface area (TPSA) is 112 Å². The summed E-state index contributed by atoms with van der Waals surface area (Å²) in [6.07, 6.45) is 0.353. The summed E-state index contributed by atoms with van der Waals surface area (Å²) in [4.78, 5) is 32.9. The number of aromatic nitrogens is 3. The molecule has 1 aromatic heterocycles. The first-order valence-electron chi connectivity index (χ1n) is 4.43. The molecule has 1 aromatic rings. The zero-order valence-electron chi connectivity index (χ0n) is 9.17. The summed E-state index contributed by atoms with van der Waals surface area (Å²) in [7, 11) is 2.33. The fourth-order valence-corrected chi connectivity index (χ4v) is 0.925. The molecule has 1 rings (SSSR count). The minimum Gasteiger partial charge on any atom is -0.464 e. The van der Waals surface area contributed by atoms with Crippen molar-refractivity contribution in [3.8, 4) is 0 Å². The molecule has 0 aliphatic heterocycles. The van der Waals surface area contributed by atoms with Gasteiger partial charge < -0.3 is 9.47 Å². The van der Waals surface area contributed by atoms with E-state index >= 15 is 0 Å². The van der Waals surface area contributed by atoms with E-state index in [-0.39, 0.29) is 12.2 Å². The van der Waals surface area contributed by atoms with Crippen LogP contribution in [0.25, 0.3) is 0 Å². The van der Waals surface area contributed by atoms with E-state index in [4.69, 9.17) is 0 Å². The molecule has 0 atom stereocenters. The number of nitrogens with zero attached hydrogens (tertiary/aromatic N) is 3. The Morgan fingerprint density at radius 2 is 2.06 bits per heavy atom. The molecule has 0 bridgehead atoms. The van der Waals surface area contributed by atoms with Gasteiger partial charge in [-0.05, 0) is 0 Å². The van der Waals surface area contributed by atoms with Crippen molar-refractivity contribution in [2.45, 2.75) is 6.54 Å². The number of hydrogen-bond acceptors (Lipinski definition) is 7. The van der Waals surface area contributed by atoms with E-state index < -0.39 is 18.0 Å². The molecule has 0 spiro atoms. The van der Waals surface area contributed by atoms with Crippen LogP contribution in [0.15, 0.2) is 6.20 Å². The van der Waals surface area contributed by atoms with Crippen LogP contribution in [0.3, 0.4) is 0 Å². The molecule has 0 aliphatic carbocycles. The van der Waals surface area contributed by atoms with Gasteiger partial charge in [-0.2, -0.15) is 0 Å². The second-order valence-corrected chi connectivity index (χ2v) is 2.83. The number of esters is 1. The first kappa shape index (κ1) is 12.6. The van der Waals surface area contributed by atoms with Crippen molar-refractivity contribution in [3.63, 3.8) is 0 Å². The number of rotatable bonds is 3. The first-order valence-corrected chi connectivity index (χ1v) is 4.43. The zero-order chi connectivity index (χ0) is 12.8. The SMILES string of the molecule is COC(=O)NC(=O)Cn1cc(C(=O)OC)nn1.